The third kappa shape index (κ3) is 3.69. The van der Waals surface area contributed by atoms with Gasteiger partial charge in [-0.2, -0.15) is 0 Å². The second-order valence-corrected chi connectivity index (χ2v) is 5.71. The lowest BCUT2D eigenvalue weighted by atomic mass is 10.0. The fourth-order valence-corrected chi connectivity index (χ4v) is 3.06. The molecule has 1 saturated heterocycles. The molecule has 8 heteroatoms. The molecule has 1 N–H and O–H groups in total. The summed E-state index contributed by atoms with van der Waals surface area (Å²) in [6, 6.07) is 3.05. The molecular weight excluding hydrogens is 327 g/mol. The van der Waals surface area contributed by atoms with Crippen molar-refractivity contribution in [1.29, 1.82) is 0 Å². The molecule has 0 bridgehead atoms. The molecule has 1 aromatic carbocycles. The van der Waals surface area contributed by atoms with Crippen molar-refractivity contribution >= 4 is 11.8 Å². The third-order valence-corrected chi connectivity index (χ3v) is 4.28. The van der Waals surface area contributed by atoms with E-state index < -0.39 is 17.8 Å². The number of carbonyl (C=O) groups is 1. The normalized spacial score (nSPS) is 16.5. The van der Waals surface area contributed by atoms with Crippen LogP contribution in [0, 0.1) is 5.82 Å². The molecule has 0 amide bonds. The second kappa shape index (κ2) is 7.43. The number of aromatic nitrogens is 2. The summed E-state index contributed by atoms with van der Waals surface area (Å²) in [4.78, 5) is 24.1. The topological polar surface area (TPSA) is 78.8 Å². The molecule has 1 fully saturated rings. The Morgan fingerprint density at radius 2 is 2.04 bits per heavy atom. The van der Waals surface area contributed by atoms with Gasteiger partial charge in [0.05, 0.1) is 13.3 Å². The number of hydrogen-bond acceptors (Lipinski definition) is 6. The molecule has 0 spiro atoms. The van der Waals surface area contributed by atoms with Gasteiger partial charge in [0.15, 0.2) is 0 Å². The molecule has 1 atom stereocenters. The van der Waals surface area contributed by atoms with E-state index in [1.165, 1.54) is 25.3 Å². The zero-order chi connectivity index (χ0) is 17.8. The predicted octanol–water partition coefficient (Wildman–Crippen LogP) is 1.57. The number of benzene rings is 1. The number of nitrogens with zero attached hydrogens (tertiary/aromatic N) is 4. The lowest BCUT2D eigenvalue weighted by Crippen LogP contribution is -2.49. The average molecular weight is 346 g/mol. The summed E-state index contributed by atoms with van der Waals surface area (Å²) in [7, 11) is 1.41. The van der Waals surface area contributed by atoms with Gasteiger partial charge in [-0.15, -0.1) is 0 Å². The standard InChI is InChI=1S/C17H19FN4O3/c1-25-14-10-12(18)2-3-13(14)16(17(23)24)22-8-6-21(7-9-22)15-11-19-4-5-20-15/h2-5,10-11,16H,6-9H2,1H3,(H,23,24). The van der Waals surface area contributed by atoms with Gasteiger partial charge >= 0.3 is 5.97 Å². The summed E-state index contributed by atoms with van der Waals surface area (Å²) in [6.07, 6.45) is 4.93. The van der Waals surface area contributed by atoms with E-state index >= 15 is 0 Å². The molecule has 1 aromatic heterocycles. The van der Waals surface area contributed by atoms with Crippen LogP contribution in [0.5, 0.6) is 5.75 Å². The van der Waals surface area contributed by atoms with Crippen LogP contribution in [0.2, 0.25) is 0 Å². The van der Waals surface area contributed by atoms with Gasteiger partial charge in [-0.05, 0) is 6.07 Å². The number of carboxylic acid groups (broad SMARTS) is 1. The number of anilines is 1. The van der Waals surface area contributed by atoms with E-state index in [0.29, 0.717) is 31.7 Å². The fourth-order valence-electron chi connectivity index (χ4n) is 3.06. The molecular formula is C17H19FN4O3. The van der Waals surface area contributed by atoms with Crippen molar-refractivity contribution in [3.63, 3.8) is 0 Å². The Balaban J connectivity index is 1.78. The Morgan fingerprint density at radius 3 is 2.64 bits per heavy atom. The second-order valence-electron chi connectivity index (χ2n) is 5.71. The van der Waals surface area contributed by atoms with Crippen molar-refractivity contribution in [3.8, 4) is 5.75 Å². The molecule has 1 aliphatic heterocycles. The smallest absolute Gasteiger partial charge is 0.325 e. The molecule has 3 rings (SSSR count). The number of methoxy groups -OCH3 is 1. The van der Waals surface area contributed by atoms with Gasteiger partial charge in [0.1, 0.15) is 23.4 Å². The number of halogens is 1. The molecule has 1 aliphatic rings. The first-order chi connectivity index (χ1) is 12.1. The summed E-state index contributed by atoms with van der Waals surface area (Å²) >= 11 is 0. The van der Waals surface area contributed by atoms with E-state index in [2.05, 4.69) is 14.9 Å². The van der Waals surface area contributed by atoms with Crippen LogP contribution in [0.3, 0.4) is 0 Å². The summed E-state index contributed by atoms with van der Waals surface area (Å²) in [5.41, 5.74) is 0.448. The number of carboxylic acids is 1. The summed E-state index contributed by atoms with van der Waals surface area (Å²) in [5.74, 6) is -0.438. The van der Waals surface area contributed by atoms with Crippen molar-refractivity contribution in [2.75, 3.05) is 38.2 Å². The molecule has 2 heterocycles. The van der Waals surface area contributed by atoms with Crippen LogP contribution in [0.1, 0.15) is 11.6 Å². The van der Waals surface area contributed by atoms with E-state index in [1.807, 2.05) is 4.90 Å². The maximum atomic E-state index is 13.4. The molecule has 25 heavy (non-hydrogen) atoms. The number of aliphatic carboxylic acids is 1. The van der Waals surface area contributed by atoms with Crippen LogP contribution < -0.4 is 9.64 Å². The first kappa shape index (κ1) is 17.1. The van der Waals surface area contributed by atoms with E-state index in [1.54, 1.807) is 18.6 Å². The highest BCUT2D eigenvalue weighted by molar-refractivity contribution is 5.76. The van der Waals surface area contributed by atoms with Crippen molar-refractivity contribution in [3.05, 3.63) is 48.2 Å². The zero-order valence-electron chi connectivity index (χ0n) is 13.8. The van der Waals surface area contributed by atoms with Gasteiger partial charge < -0.3 is 14.7 Å². The van der Waals surface area contributed by atoms with Gasteiger partial charge in [-0.25, -0.2) is 9.37 Å². The first-order valence-electron chi connectivity index (χ1n) is 7.91. The molecule has 132 valence electrons. The number of piperazine rings is 1. The van der Waals surface area contributed by atoms with Crippen molar-refractivity contribution < 1.29 is 19.0 Å². The molecule has 2 aromatic rings. The minimum atomic E-state index is -0.988. The maximum Gasteiger partial charge on any atom is 0.325 e. The monoisotopic (exact) mass is 346 g/mol. The van der Waals surface area contributed by atoms with E-state index in [0.717, 1.165) is 5.82 Å². The van der Waals surface area contributed by atoms with Crippen molar-refractivity contribution in [1.82, 2.24) is 14.9 Å². The summed E-state index contributed by atoms with van der Waals surface area (Å²) < 4.78 is 18.6. The largest absolute Gasteiger partial charge is 0.496 e. The Bertz CT molecular complexity index is 736. The van der Waals surface area contributed by atoms with Gasteiger partial charge in [-0.1, -0.05) is 6.07 Å². The zero-order valence-corrected chi connectivity index (χ0v) is 13.8. The lowest BCUT2D eigenvalue weighted by Gasteiger charge is -2.38. The molecule has 0 aliphatic carbocycles. The van der Waals surface area contributed by atoms with E-state index in [4.69, 9.17) is 4.74 Å². The minimum Gasteiger partial charge on any atom is -0.496 e. The molecule has 0 saturated carbocycles. The van der Waals surface area contributed by atoms with Crippen LogP contribution in [0.25, 0.3) is 0 Å². The Hall–Kier alpha value is -2.74. The Kier molecular flexibility index (Phi) is 5.08. The van der Waals surface area contributed by atoms with Crippen LogP contribution in [-0.4, -0.2) is 59.2 Å². The van der Waals surface area contributed by atoms with Crippen LogP contribution in [0.4, 0.5) is 10.2 Å². The fraction of sp³-hybridized carbons (Fsp3) is 0.353. The van der Waals surface area contributed by atoms with Crippen molar-refractivity contribution in [2.24, 2.45) is 0 Å². The van der Waals surface area contributed by atoms with Gasteiger partial charge in [0.2, 0.25) is 0 Å². The predicted molar refractivity (Wildman–Crippen MR) is 89.1 cm³/mol. The minimum absolute atomic E-state index is 0.240. The number of rotatable bonds is 5. The maximum absolute atomic E-state index is 13.4. The van der Waals surface area contributed by atoms with Gasteiger partial charge in [0.25, 0.3) is 0 Å². The number of ether oxygens (including phenoxy) is 1. The molecule has 7 nitrogen and oxygen atoms in total. The summed E-state index contributed by atoms with van der Waals surface area (Å²) in [5, 5.41) is 9.72. The van der Waals surface area contributed by atoms with Crippen LogP contribution >= 0.6 is 0 Å². The van der Waals surface area contributed by atoms with Crippen molar-refractivity contribution in [2.45, 2.75) is 6.04 Å². The molecule has 0 radical (unpaired) electrons. The molecule has 1 unspecified atom stereocenters. The van der Waals surface area contributed by atoms with Crippen LogP contribution in [-0.2, 0) is 4.79 Å². The third-order valence-electron chi connectivity index (χ3n) is 4.28. The average Bonchev–Trinajstić information content (AvgIpc) is 2.64. The van der Waals surface area contributed by atoms with E-state index in [-0.39, 0.29) is 5.75 Å². The number of hydrogen-bond donors (Lipinski definition) is 1. The lowest BCUT2D eigenvalue weighted by molar-refractivity contribution is -0.143. The Morgan fingerprint density at radius 1 is 1.28 bits per heavy atom. The van der Waals surface area contributed by atoms with Gasteiger partial charge in [0, 0.05) is 50.2 Å². The first-order valence-corrected chi connectivity index (χ1v) is 7.91. The summed E-state index contributed by atoms with van der Waals surface area (Å²) in [6.45, 7) is 2.33. The highest BCUT2D eigenvalue weighted by atomic mass is 19.1. The highest BCUT2D eigenvalue weighted by Crippen LogP contribution is 2.31. The van der Waals surface area contributed by atoms with E-state index in [9.17, 15) is 14.3 Å². The SMILES string of the molecule is COc1cc(F)ccc1C(C(=O)O)N1CCN(c2cnccn2)CC1. The van der Waals surface area contributed by atoms with Gasteiger partial charge in [-0.3, -0.25) is 14.7 Å². The van der Waals surface area contributed by atoms with Crippen LogP contribution in [0.15, 0.2) is 36.8 Å². The highest BCUT2D eigenvalue weighted by Gasteiger charge is 2.32. The quantitative estimate of drug-likeness (QED) is 0.880. The Labute approximate surface area is 144 Å².